The second kappa shape index (κ2) is 6.41. The van der Waals surface area contributed by atoms with E-state index in [4.69, 9.17) is 9.47 Å². The van der Waals surface area contributed by atoms with Gasteiger partial charge in [0.05, 0.1) is 19.5 Å². The second-order valence-corrected chi connectivity index (χ2v) is 4.74. The number of carbonyl (C=O) groups excluding carboxylic acids is 1. The molecule has 0 bridgehead atoms. The third kappa shape index (κ3) is 3.60. The van der Waals surface area contributed by atoms with E-state index in [9.17, 15) is 4.79 Å². The summed E-state index contributed by atoms with van der Waals surface area (Å²) < 4.78 is 10.6. The van der Waals surface area contributed by atoms with Gasteiger partial charge in [0, 0.05) is 18.4 Å². The van der Waals surface area contributed by atoms with Crippen molar-refractivity contribution < 1.29 is 14.3 Å². The molecule has 3 nitrogen and oxygen atoms in total. The van der Waals surface area contributed by atoms with Gasteiger partial charge in [-0.3, -0.25) is 4.79 Å². The standard InChI is InChI=1S/C16H20O3/c1-3-19-15-8-7-13(16(17)11-15)9-12-5-4-6-14(10-12)18-2/h4-6,10-11,13H,3,7-9H2,1-2H3. The molecule has 19 heavy (non-hydrogen) atoms. The molecule has 0 saturated heterocycles. The minimum absolute atomic E-state index is 0.0660. The minimum Gasteiger partial charge on any atom is -0.498 e. The molecule has 0 radical (unpaired) electrons. The molecule has 1 aliphatic rings. The van der Waals surface area contributed by atoms with Gasteiger partial charge in [0.25, 0.3) is 0 Å². The average molecular weight is 260 g/mol. The molecule has 1 aromatic carbocycles. The molecule has 0 aliphatic heterocycles. The van der Waals surface area contributed by atoms with Crippen LogP contribution in [0.3, 0.4) is 0 Å². The number of hydrogen-bond acceptors (Lipinski definition) is 3. The second-order valence-electron chi connectivity index (χ2n) is 4.74. The van der Waals surface area contributed by atoms with Gasteiger partial charge in [-0.25, -0.2) is 0 Å². The number of ketones is 1. The molecule has 0 amide bonds. The first-order valence-electron chi connectivity index (χ1n) is 6.73. The normalized spacial score (nSPS) is 18.9. The van der Waals surface area contributed by atoms with Crippen molar-refractivity contribution in [3.8, 4) is 5.75 Å². The van der Waals surface area contributed by atoms with Gasteiger partial charge in [0.15, 0.2) is 5.78 Å². The lowest BCUT2D eigenvalue weighted by molar-refractivity contribution is -0.119. The van der Waals surface area contributed by atoms with E-state index in [2.05, 4.69) is 0 Å². The number of methoxy groups -OCH3 is 1. The Labute approximate surface area is 114 Å². The fourth-order valence-corrected chi connectivity index (χ4v) is 2.39. The van der Waals surface area contributed by atoms with E-state index in [0.29, 0.717) is 6.61 Å². The number of carbonyl (C=O) groups is 1. The molecule has 2 rings (SSSR count). The monoisotopic (exact) mass is 260 g/mol. The summed E-state index contributed by atoms with van der Waals surface area (Å²) in [5.41, 5.74) is 1.14. The van der Waals surface area contributed by atoms with E-state index in [0.717, 1.165) is 36.3 Å². The Morgan fingerprint density at radius 3 is 2.89 bits per heavy atom. The Hall–Kier alpha value is -1.77. The fraction of sp³-hybridized carbons (Fsp3) is 0.438. The highest BCUT2D eigenvalue weighted by atomic mass is 16.5. The molecule has 0 aromatic heterocycles. The first-order chi connectivity index (χ1) is 9.22. The molecule has 0 saturated carbocycles. The average Bonchev–Trinajstić information content (AvgIpc) is 2.42. The van der Waals surface area contributed by atoms with Gasteiger partial charge in [-0.15, -0.1) is 0 Å². The van der Waals surface area contributed by atoms with Crippen molar-refractivity contribution in [3.05, 3.63) is 41.7 Å². The Morgan fingerprint density at radius 2 is 2.21 bits per heavy atom. The predicted molar refractivity (Wildman–Crippen MR) is 74.1 cm³/mol. The molecule has 1 unspecified atom stereocenters. The summed E-state index contributed by atoms with van der Waals surface area (Å²) in [7, 11) is 1.65. The maximum atomic E-state index is 12.1. The topological polar surface area (TPSA) is 35.5 Å². The first-order valence-corrected chi connectivity index (χ1v) is 6.73. The van der Waals surface area contributed by atoms with Gasteiger partial charge < -0.3 is 9.47 Å². The Balaban J connectivity index is 2.02. The third-order valence-corrected chi connectivity index (χ3v) is 3.39. The molecular formula is C16H20O3. The highest BCUT2D eigenvalue weighted by molar-refractivity contribution is 5.93. The lowest BCUT2D eigenvalue weighted by Gasteiger charge is -2.20. The number of benzene rings is 1. The summed E-state index contributed by atoms with van der Waals surface area (Å²) in [6.45, 7) is 2.56. The van der Waals surface area contributed by atoms with Crippen LogP contribution in [0.1, 0.15) is 25.3 Å². The van der Waals surface area contributed by atoms with Crippen molar-refractivity contribution in [1.82, 2.24) is 0 Å². The van der Waals surface area contributed by atoms with E-state index in [-0.39, 0.29) is 11.7 Å². The molecule has 1 atom stereocenters. The van der Waals surface area contributed by atoms with Crippen molar-refractivity contribution in [2.75, 3.05) is 13.7 Å². The van der Waals surface area contributed by atoms with Crippen molar-refractivity contribution >= 4 is 5.78 Å². The Morgan fingerprint density at radius 1 is 1.37 bits per heavy atom. The molecule has 3 heteroatoms. The van der Waals surface area contributed by atoms with E-state index >= 15 is 0 Å². The van der Waals surface area contributed by atoms with E-state index in [1.807, 2.05) is 31.2 Å². The van der Waals surface area contributed by atoms with Crippen LogP contribution >= 0.6 is 0 Å². The van der Waals surface area contributed by atoms with Crippen LogP contribution in [0, 0.1) is 5.92 Å². The minimum atomic E-state index is 0.0660. The first kappa shape index (κ1) is 13.7. The molecule has 0 spiro atoms. The van der Waals surface area contributed by atoms with Gasteiger partial charge in [0.2, 0.25) is 0 Å². The lowest BCUT2D eigenvalue weighted by Crippen LogP contribution is -2.20. The summed E-state index contributed by atoms with van der Waals surface area (Å²) in [6, 6.07) is 7.91. The third-order valence-electron chi connectivity index (χ3n) is 3.39. The van der Waals surface area contributed by atoms with Crippen LogP contribution in [0.15, 0.2) is 36.1 Å². The zero-order chi connectivity index (χ0) is 13.7. The van der Waals surface area contributed by atoms with Crippen LogP contribution in [0.2, 0.25) is 0 Å². The maximum Gasteiger partial charge on any atom is 0.162 e. The number of hydrogen-bond donors (Lipinski definition) is 0. The van der Waals surface area contributed by atoms with E-state index < -0.39 is 0 Å². The molecule has 1 aromatic rings. The van der Waals surface area contributed by atoms with Crippen LogP contribution in [0.4, 0.5) is 0 Å². The fourth-order valence-electron chi connectivity index (χ4n) is 2.39. The van der Waals surface area contributed by atoms with Crippen molar-refractivity contribution in [2.45, 2.75) is 26.2 Å². The summed E-state index contributed by atoms with van der Waals surface area (Å²) in [6.07, 6.45) is 4.15. The van der Waals surface area contributed by atoms with Crippen LogP contribution in [0.25, 0.3) is 0 Å². The Bertz CT molecular complexity index is 477. The molecule has 0 fully saturated rings. The largest absolute Gasteiger partial charge is 0.498 e. The van der Waals surface area contributed by atoms with Crippen LogP contribution in [-0.4, -0.2) is 19.5 Å². The zero-order valence-corrected chi connectivity index (χ0v) is 11.5. The van der Waals surface area contributed by atoms with Crippen molar-refractivity contribution in [2.24, 2.45) is 5.92 Å². The Kier molecular flexibility index (Phi) is 4.61. The van der Waals surface area contributed by atoms with Gasteiger partial charge in [0.1, 0.15) is 5.75 Å². The maximum absolute atomic E-state index is 12.1. The molecule has 0 N–H and O–H groups in total. The summed E-state index contributed by atoms with van der Waals surface area (Å²) in [5, 5.41) is 0. The molecule has 102 valence electrons. The summed E-state index contributed by atoms with van der Waals surface area (Å²) >= 11 is 0. The quantitative estimate of drug-likeness (QED) is 0.816. The van der Waals surface area contributed by atoms with Gasteiger partial charge >= 0.3 is 0 Å². The predicted octanol–water partition coefficient (Wildman–Crippen LogP) is 3.14. The number of ether oxygens (including phenoxy) is 2. The zero-order valence-electron chi connectivity index (χ0n) is 11.5. The molecule has 0 heterocycles. The summed E-state index contributed by atoms with van der Waals surface area (Å²) in [5.74, 6) is 1.91. The summed E-state index contributed by atoms with van der Waals surface area (Å²) in [4.78, 5) is 12.1. The van der Waals surface area contributed by atoms with Gasteiger partial charge in [-0.2, -0.15) is 0 Å². The van der Waals surface area contributed by atoms with Gasteiger partial charge in [-0.1, -0.05) is 12.1 Å². The van der Waals surface area contributed by atoms with Crippen molar-refractivity contribution in [3.63, 3.8) is 0 Å². The van der Waals surface area contributed by atoms with Gasteiger partial charge in [-0.05, 0) is 37.5 Å². The smallest absolute Gasteiger partial charge is 0.162 e. The van der Waals surface area contributed by atoms with Crippen molar-refractivity contribution in [1.29, 1.82) is 0 Å². The van der Waals surface area contributed by atoms with E-state index in [1.54, 1.807) is 13.2 Å². The number of rotatable bonds is 5. The van der Waals surface area contributed by atoms with Crippen LogP contribution in [0.5, 0.6) is 5.75 Å². The lowest BCUT2D eigenvalue weighted by atomic mass is 9.87. The van der Waals surface area contributed by atoms with Crippen LogP contribution in [-0.2, 0) is 16.0 Å². The van der Waals surface area contributed by atoms with E-state index in [1.165, 1.54) is 0 Å². The van der Waals surface area contributed by atoms with Crippen LogP contribution < -0.4 is 4.74 Å². The SMILES string of the molecule is CCOC1=CC(=O)C(Cc2cccc(OC)c2)CC1. The highest BCUT2D eigenvalue weighted by Gasteiger charge is 2.23. The molecular weight excluding hydrogens is 240 g/mol. The highest BCUT2D eigenvalue weighted by Crippen LogP contribution is 2.26. The molecule has 1 aliphatic carbocycles. The number of allylic oxidation sites excluding steroid dienone is 2.